The number of carbonyl (C=O) groups excluding carboxylic acids is 2. The summed E-state index contributed by atoms with van der Waals surface area (Å²) in [5.41, 5.74) is 5.68. The van der Waals surface area contributed by atoms with Gasteiger partial charge in [-0.3, -0.25) is 9.59 Å². The van der Waals surface area contributed by atoms with E-state index in [0.29, 0.717) is 30.8 Å². The molecule has 3 saturated heterocycles. The number of hydrogen-bond acceptors (Lipinski definition) is 8. The van der Waals surface area contributed by atoms with Crippen molar-refractivity contribution in [2.75, 3.05) is 26.2 Å². The van der Waals surface area contributed by atoms with Crippen LogP contribution in [0.4, 0.5) is 8.78 Å². The number of amides is 2. The summed E-state index contributed by atoms with van der Waals surface area (Å²) in [5.74, 6) is -4.44. The predicted octanol–water partition coefficient (Wildman–Crippen LogP) is -1.14. The van der Waals surface area contributed by atoms with Crippen molar-refractivity contribution in [2.45, 2.75) is 62.5 Å². The third-order valence-corrected chi connectivity index (χ3v) is 10.5. The number of carboxylic acid groups (broad SMARTS) is 1. The number of carbonyl (C=O) groups is 3. The number of carboxylic acids is 1. The van der Waals surface area contributed by atoms with Crippen molar-refractivity contribution in [2.24, 2.45) is 17.6 Å². The third-order valence-electron chi connectivity index (χ3n) is 7.41. The highest BCUT2D eigenvalue weighted by Gasteiger charge is 2.60. The number of halogens is 2. The summed E-state index contributed by atoms with van der Waals surface area (Å²) in [6.07, 6.45) is -2.04. The van der Waals surface area contributed by atoms with E-state index in [0.717, 1.165) is 0 Å². The van der Waals surface area contributed by atoms with Crippen LogP contribution in [0, 0.1) is 11.8 Å². The van der Waals surface area contributed by atoms with Crippen LogP contribution in [-0.4, -0.2) is 103 Å². The summed E-state index contributed by atoms with van der Waals surface area (Å²) < 4.78 is 54.3. The second kappa shape index (κ2) is 10.7. The number of β-lactam (4-membered cyclic amide) rings is 1. The normalized spacial score (nSPS) is 33.1. The lowest BCUT2D eigenvalue weighted by Gasteiger charge is -2.47. The van der Waals surface area contributed by atoms with E-state index in [4.69, 9.17) is 5.73 Å². The maximum atomic E-state index is 12.8. The molecule has 0 aliphatic carbocycles. The highest BCUT2D eigenvalue weighted by Crippen LogP contribution is 2.51. The van der Waals surface area contributed by atoms with E-state index in [-0.39, 0.29) is 42.0 Å². The highest BCUT2D eigenvalue weighted by molar-refractivity contribution is 8.03. The largest absolute Gasteiger partial charge is 0.477 e. The van der Waals surface area contributed by atoms with Gasteiger partial charge in [0.1, 0.15) is 5.70 Å². The Balaban J connectivity index is 1.37. The first-order valence-corrected chi connectivity index (χ1v) is 14.4. The summed E-state index contributed by atoms with van der Waals surface area (Å²) in [7, 11) is -3.64. The number of nitrogens with two attached hydrogens (primary N) is 1. The summed E-state index contributed by atoms with van der Waals surface area (Å²) in [6, 6.07) is -1.77. The van der Waals surface area contributed by atoms with Crippen molar-refractivity contribution in [3.05, 3.63) is 10.6 Å². The minimum atomic E-state index is -3.64. The van der Waals surface area contributed by atoms with Gasteiger partial charge in [0.05, 0.1) is 12.0 Å². The molecule has 37 heavy (non-hydrogen) atoms. The number of rotatable bonds is 10. The van der Waals surface area contributed by atoms with Crippen molar-refractivity contribution >= 4 is 39.8 Å². The minimum Gasteiger partial charge on any atom is -0.477 e. The second-order valence-electron chi connectivity index (χ2n) is 9.97. The molecule has 0 radical (unpaired) electrons. The van der Waals surface area contributed by atoms with Crippen molar-refractivity contribution in [3.63, 3.8) is 0 Å². The lowest BCUT2D eigenvalue weighted by Crippen LogP contribution is -2.66. The van der Waals surface area contributed by atoms with Crippen molar-refractivity contribution in [1.29, 1.82) is 0 Å². The molecule has 2 amide bonds. The average Bonchev–Trinajstić information content (AvgIpc) is 3.51. The van der Waals surface area contributed by atoms with Crippen molar-refractivity contribution < 1.29 is 36.7 Å². The second-order valence-corrected chi connectivity index (χ2v) is 13.1. The smallest absolute Gasteiger partial charge is 0.353 e. The number of thioether (sulfide) groups is 1. The first kappa shape index (κ1) is 28.2. The predicted molar refractivity (Wildman–Crippen MR) is 130 cm³/mol. The van der Waals surface area contributed by atoms with Gasteiger partial charge in [-0.25, -0.2) is 9.52 Å². The molecule has 0 aromatic carbocycles. The van der Waals surface area contributed by atoms with Gasteiger partial charge in [0.15, 0.2) is 0 Å². The van der Waals surface area contributed by atoms with Crippen LogP contribution in [0.1, 0.15) is 26.7 Å². The summed E-state index contributed by atoms with van der Waals surface area (Å²) in [6.45, 7) is 4.57. The first-order valence-electron chi connectivity index (χ1n) is 12.1. The molecule has 1 unspecified atom stereocenters. The number of aliphatic carboxylic acids is 1. The van der Waals surface area contributed by atoms with Crippen molar-refractivity contribution in [3.8, 4) is 0 Å². The SMILES string of the molecule is CC(NC(=O)C(F)F)[C@H]1C(=O)N2C(C(=O)O)=C(S[C@@H]3CN[C@H](CNS(=O)(=O)N4CC[C@@H](N)C4)C3)[C@H](C)[C@H]12. The van der Waals surface area contributed by atoms with E-state index < -0.39 is 52.4 Å². The van der Waals surface area contributed by atoms with E-state index in [1.807, 2.05) is 0 Å². The van der Waals surface area contributed by atoms with Gasteiger partial charge in [0.25, 0.3) is 16.1 Å². The van der Waals surface area contributed by atoms with Gasteiger partial charge in [0.2, 0.25) is 5.91 Å². The van der Waals surface area contributed by atoms with Gasteiger partial charge in [-0.1, -0.05) is 6.92 Å². The van der Waals surface area contributed by atoms with Gasteiger partial charge in [-0.05, 0) is 19.8 Å². The van der Waals surface area contributed by atoms with Crippen molar-refractivity contribution in [1.82, 2.24) is 24.6 Å². The van der Waals surface area contributed by atoms with E-state index >= 15 is 0 Å². The third kappa shape index (κ3) is 5.49. The Labute approximate surface area is 217 Å². The molecule has 0 bridgehead atoms. The van der Waals surface area contributed by atoms with Gasteiger partial charge >= 0.3 is 12.4 Å². The summed E-state index contributed by atoms with van der Waals surface area (Å²) in [5, 5.41) is 15.2. The Morgan fingerprint density at radius 1 is 1.35 bits per heavy atom. The molecule has 4 aliphatic heterocycles. The average molecular weight is 567 g/mol. The highest BCUT2D eigenvalue weighted by atomic mass is 32.2. The Hall–Kier alpha value is -1.85. The van der Waals surface area contributed by atoms with Crippen LogP contribution < -0.4 is 21.1 Å². The van der Waals surface area contributed by atoms with Gasteiger partial charge in [-0.2, -0.15) is 21.5 Å². The molecule has 4 rings (SSSR count). The number of hydrogen-bond donors (Lipinski definition) is 5. The van der Waals surface area contributed by atoms with Gasteiger partial charge in [-0.15, -0.1) is 11.8 Å². The Morgan fingerprint density at radius 2 is 2.05 bits per heavy atom. The van der Waals surface area contributed by atoms with Crippen LogP contribution in [0.2, 0.25) is 0 Å². The summed E-state index contributed by atoms with van der Waals surface area (Å²) >= 11 is 1.34. The number of nitrogens with zero attached hydrogens (tertiary/aromatic N) is 2. The fourth-order valence-electron chi connectivity index (χ4n) is 5.55. The molecule has 0 aromatic rings. The van der Waals surface area contributed by atoms with Crippen LogP contribution in [0.25, 0.3) is 0 Å². The van der Waals surface area contributed by atoms with Gasteiger partial charge < -0.3 is 26.4 Å². The Kier molecular flexibility index (Phi) is 8.17. The lowest BCUT2D eigenvalue weighted by molar-refractivity contribution is -0.159. The zero-order valence-corrected chi connectivity index (χ0v) is 22.0. The van der Waals surface area contributed by atoms with Crippen LogP contribution >= 0.6 is 11.8 Å². The van der Waals surface area contributed by atoms with Crippen LogP contribution in [0.5, 0.6) is 0 Å². The molecule has 0 aromatic heterocycles. The number of alkyl halides is 2. The zero-order valence-electron chi connectivity index (χ0n) is 20.4. The molecule has 0 spiro atoms. The molecule has 7 atom stereocenters. The zero-order chi connectivity index (χ0) is 27.2. The molecule has 16 heteroatoms. The maximum absolute atomic E-state index is 12.8. The molecule has 12 nitrogen and oxygen atoms in total. The van der Waals surface area contributed by atoms with Crippen LogP contribution in [0.3, 0.4) is 0 Å². The number of nitrogens with one attached hydrogen (secondary N) is 3. The minimum absolute atomic E-state index is 0.0651. The van der Waals surface area contributed by atoms with E-state index in [2.05, 4.69) is 15.4 Å². The molecule has 0 saturated carbocycles. The monoisotopic (exact) mass is 566 g/mol. The molecular weight excluding hydrogens is 534 g/mol. The molecule has 208 valence electrons. The summed E-state index contributed by atoms with van der Waals surface area (Å²) in [4.78, 5) is 38.1. The first-order chi connectivity index (χ1) is 17.3. The molecule has 3 fully saturated rings. The van der Waals surface area contributed by atoms with E-state index in [9.17, 15) is 36.7 Å². The molecule has 4 heterocycles. The Bertz CT molecular complexity index is 1090. The fourth-order valence-corrected chi connectivity index (χ4v) is 8.40. The Morgan fingerprint density at radius 3 is 2.65 bits per heavy atom. The van der Waals surface area contributed by atoms with E-state index in [1.54, 1.807) is 6.92 Å². The standard InChI is InChI=1S/C21H32F2N6O6S2/c1-9-15-14(10(2)27-19(30)18(22)23)20(31)29(15)16(21(32)33)17(9)36-13-5-12(25-7-13)6-26-37(34,35)28-4-3-11(24)8-28/h9-15,18,25-26H,3-8,24H2,1-2H3,(H,27,30)(H,32,33)/t9-,10?,11-,12+,13+,14-,15-/m1/s1. The van der Waals surface area contributed by atoms with Crippen LogP contribution in [-0.2, 0) is 24.6 Å². The van der Waals surface area contributed by atoms with E-state index in [1.165, 1.54) is 27.9 Å². The quantitative estimate of drug-likeness (QED) is 0.205. The molecule has 6 N–H and O–H groups in total. The molecular formula is C21H32F2N6O6S2. The van der Waals surface area contributed by atoms with Crippen LogP contribution in [0.15, 0.2) is 10.6 Å². The number of fused-ring (bicyclic) bond motifs is 1. The fraction of sp³-hybridized carbons (Fsp3) is 0.762. The lowest BCUT2D eigenvalue weighted by atomic mass is 9.78. The van der Waals surface area contributed by atoms with Gasteiger partial charge in [0, 0.05) is 60.4 Å². The molecule has 4 aliphatic rings. The maximum Gasteiger partial charge on any atom is 0.353 e. The topological polar surface area (TPSA) is 174 Å².